The molecular weight excluding hydrogens is 252 g/mol. The van der Waals surface area contributed by atoms with E-state index in [1.54, 1.807) is 6.07 Å². The summed E-state index contributed by atoms with van der Waals surface area (Å²) in [5, 5.41) is 0.497. The van der Waals surface area contributed by atoms with E-state index in [4.69, 9.17) is 17.3 Å². The van der Waals surface area contributed by atoms with E-state index in [1.165, 1.54) is 10.9 Å². The van der Waals surface area contributed by atoms with Gasteiger partial charge in [0.1, 0.15) is 6.33 Å². The SMILES string of the molecule is CCCc1cccc(Cl)c1-n1cnc(N)nc1=O. The summed E-state index contributed by atoms with van der Waals surface area (Å²) in [6, 6.07) is 5.53. The number of hydrogen-bond donors (Lipinski definition) is 1. The number of hydrogen-bond acceptors (Lipinski definition) is 4. The number of nitrogens with two attached hydrogens (primary N) is 1. The number of benzene rings is 1. The fourth-order valence-corrected chi connectivity index (χ4v) is 2.09. The van der Waals surface area contributed by atoms with E-state index in [0.29, 0.717) is 10.7 Å². The first-order valence-corrected chi connectivity index (χ1v) is 6.00. The molecule has 0 saturated carbocycles. The normalized spacial score (nSPS) is 10.6. The van der Waals surface area contributed by atoms with Crippen molar-refractivity contribution in [1.82, 2.24) is 14.5 Å². The maximum atomic E-state index is 11.8. The van der Waals surface area contributed by atoms with Crippen molar-refractivity contribution in [3.8, 4) is 5.69 Å². The molecule has 1 aromatic carbocycles. The number of aryl methyl sites for hydroxylation is 1. The van der Waals surface area contributed by atoms with Gasteiger partial charge in [-0.05, 0) is 18.1 Å². The van der Waals surface area contributed by atoms with Crippen LogP contribution in [0.3, 0.4) is 0 Å². The smallest absolute Gasteiger partial charge is 0.356 e. The summed E-state index contributed by atoms with van der Waals surface area (Å²) < 4.78 is 1.32. The zero-order valence-corrected chi connectivity index (χ0v) is 10.7. The lowest BCUT2D eigenvalue weighted by molar-refractivity contribution is 0.837. The molecule has 0 bridgehead atoms. The van der Waals surface area contributed by atoms with Crippen molar-refractivity contribution in [3.05, 3.63) is 45.6 Å². The predicted octanol–water partition coefficient (Wildman–Crippen LogP) is 1.82. The van der Waals surface area contributed by atoms with Gasteiger partial charge in [-0.25, -0.2) is 14.3 Å². The lowest BCUT2D eigenvalue weighted by Gasteiger charge is -2.12. The fourth-order valence-electron chi connectivity index (χ4n) is 1.80. The third-order valence-corrected chi connectivity index (χ3v) is 2.86. The summed E-state index contributed by atoms with van der Waals surface area (Å²) in [6.45, 7) is 2.06. The molecule has 0 radical (unpaired) electrons. The van der Waals surface area contributed by atoms with E-state index in [-0.39, 0.29) is 5.95 Å². The van der Waals surface area contributed by atoms with Gasteiger partial charge < -0.3 is 5.73 Å². The van der Waals surface area contributed by atoms with Crippen molar-refractivity contribution in [2.75, 3.05) is 5.73 Å². The Morgan fingerprint density at radius 3 is 2.89 bits per heavy atom. The zero-order valence-electron chi connectivity index (χ0n) is 9.93. The number of nitrogens with zero attached hydrogens (tertiary/aromatic N) is 3. The summed E-state index contributed by atoms with van der Waals surface area (Å²) >= 11 is 6.16. The molecule has 94 valence electrons. The van der Waals surface area contributed by atoms with Gasteiger partial charge in [0.05, 0.1) is 10.7 Å². The minimum Gasteiger partial charge on any atom is -0.368 e. The third-order valence-electron chi connectivity index (χ3n) is 2.55. The molecule has 2 N–H and O–H groups in total. The van der Waals surface area contributed by atoms with Crippen LogP contribution in [0.2, 0.25) is 5.02 Å². The maximum Gasteiger partial charge on any atom is 0.356 e. The molecule has 1 heterocycles. The predicted molar refractivity (Wildman–Crippen MR) is 71.0 cm³/mol. The van der Waals surface area contributed by atoms with E-state index < -0.39 is 5.69 Å². The first kappa shape index (κ1) is 12.6. The van der Waals surface area contributed by atoms with Crippen LogP contribution in [0, 0.1) is 0 Å². The largest absolute Gasteiger partial charge is 0.368 e. The number of anilines is 1. The first-order valence-electron chi connectivity index (χ1n) is 5.62. The summed E-state index contributed by atoms with van der Waals surface area (Å²) in [5.74, 6) is -0.0413. The van der Waals surface area contributed by atoms with E-state index >= 15 is 0 Å². The van der Waals surface area contributed by atoms with Crippen molar-refractivity contribution in [2.24, 2.45) is 0 Å². The van der Waals surface area contributed by atoms with Crippen LogP contribution in [0.1, 0.15) is 18.9 Å². The van der Waals surface area contributed by atoms with Crippen molar-refractivity contribution in [2.45, 2.75) is 19.8 Å². The second kappa shape index (κ2) is 5.18. The van der Waals surface area contributed by atoms with Crippen molar-refractivity contribution in [3.63, 3.8) is 0 Å². The van der Waals surface area contributed by atoms with Crippen molar-refractivity contribution in [1.29, 1.82) is 0 Å². The van der Waals surface area contributed by atoms with Gasteiger partial charge in [0.2, 0.25) is 5.95 Å². The highest BCUT2D eigenvalue weighted by molar-refractivity contribution is 6.32. The lowest BCUT2D eigenvalue weighted by atomic mass is 10.1. The lowest BCUT2D eigenvalue weighted by Crippen LogP contribution is -2.24. The molecule has 0 amide bonds. The van der Waals surface area contributed by atoms with E-state index in [9.17, 15) is 4.79 Å². The molecule has 0 aliphatic heterocycles. The Hall–Kier alpha value is -1.88. The number of nitrogen functional groups attached to an aromatic ring is 1. The summed E-state index contributed by atoms with van der Waals surface area (Å²) in [6.07, 6.45) is 3.13. The van der Waals surface area contributed by atoms with Gasteiger partial charge in [-0.1, -0.05) is 37.1 Å². The van der Waals surface area contributed by atoms with Crippen LogP contribution in [0.5, 0.6) is 0 Å². The minimum atomic E-state index is -0.479. The summed E-state index contributed by atoms with van der Waals surface area (Å²) in [7, 11) is 0. The number of aromatic nitrogens is 3. The van der Waals surface area contributed by atoms with Gasteiger partial charge in [-0.2, -0.15) is 4.98 Å². The number of para-hydroxylation sites is 1. The maximum absolute atomic E-state index is 11.8. The average Bonchev–Trinajstić information content (AvgIpc) is 2.31. The monoisotopic (exact) mass is 264 g/mol. The fraction of sp³-hybridized carbons (Fsp3) is 0.250. The molecule has 0 fully saturated rings. The van der Waals surface area contributed by atoms with E-state index in [2.05, 4.69) is 16.9 Å². The Morgan fingerprint density at radius 1 is 1.44 bits per heavy atom. The van der Waals surface area contributed by atoms with E-state index in [1.807, 2.05) is 12.1 Å². The van der Waals surface area contributed by atoms with Crippen LogP contribution in [0.4, 0.5) is 5.95 Å². The molecule has 0 aliphatic carbocycles. The van der Waals surface area contributed by atoms with Crippen LogP contribution < -0.4 is 11.4 Å². The number of halogens is 1. The Labute approximate surface area is 109 Å². The second-order valence-corrected chi connectivity index (χ2v) is 4.27. The molecule has 6 heteroatoms. The van der Waals surface area contributed by atoms with Crippen LogP contribution in [-0.2, 0) is 6.42 Å². The van der Waals surface area contributed by atoms with E-state index in [0.717, 1.165) is 18.4 Å². The Kier molecular flexibility index (Phi) is 3.62. The molecule has 0 spiro atoms. The van der Waals surface area contributed by atoms with Gasteiger partial charge >= 0.3 is 5.69 Å². The Morgan fingerprint density at radius 2 is 2.22 bits per heavy atom. The summed E-state index contributed by atoms with van der Waals surface area (Å²) in [5.41, 5.74) is 6.51. The molecule has 0 aliphatic rings. The minimum absolute atomic E-state index is 0.0413. The van der Waals surface area contributed by atoms with Crippen LogP contribution in [0.25, 0.3) is 5.69 Å². The highest BCUT2D eigenvalue weighted by Crippen LogP contribution is 2.24. The second-order valence-electron chi connectivity index (χ2n) is 3.86. The highest BCUT2D eigenvalue weighted by Gasteiger charge is 2.11. The van der Waals surface area contributed by atoms with Gasteiger partial charge in [-0.15, -0.1) is 0 Å². The zero-order chi connectivity index (χ0) is 13.1. The van der Waals surface area contributed by atoms with Gasteiger partial charge in [0.25, 0.3) is 0 Å². The molecule has 0 unspecified atom stereocenters. The molecule has 0 atom stereocenters. The molecule has 2 aromatic rings. The standard InChI is InChI=1S/C12H13ClN4O/c1-2-4-8-5-3-6-9(13)10(8)17-7-15-11(14)16-12(17)18/h3,5-7H,2,4H2,1H3,(H2,14,16,18). The third kappa shape index (κ3) is 2.36. The molecule has 18 heavy (non-hydrogen) atoms. The first-order chi connectivity index (χ1) is 8.63. The van der Waals surface area contributed by atoms with Gasteiger partial charge in [-0.3, -0.25) is 0 Å². The number of rotatable bonds is 3. The topological polar surface area (TPSA) is 73.8 Å². The van der Waals surface area contributed by atoms with Crippen molar-refractivity contribution >= 4 is 17.5 Å². The Bertz CT molecular complexity index is 624. The van der Waals surface area contributed by atoms with Crippen LogP contribution >= 0.6 is 11.6 Å². The molecule has 5 nitrogen and oxygen atoms in total. The Balaban J connectivity index is 2.66. The van der Waals surface area contributed by atoms with Crippen LogP contribution in [-0.4, -0.2) is 14.5 Å². The average molecular weight is 265 g/mol. The molecular formula is C12H13ClN4O. The van der Waals surface area contributed by atoms with Gasteiger partial charge in [0, 0.05) is 0 Å². The van der Waals surface area contributed by atoms with Crippen LogP contribution in [0.15, 0.2) is 29.3 Å². The molecule has 0 saturated heterocycles. The molecule has 1 aromatic heterocycles. The summed E-state index contributed by atoms with van der Waals surface area (Å²) in [4.78, 5) is 19.3. The highest BCUT2D eigenvalue weighted by atomic mass is 35.5. The van der Waals surface area contributed by atoms with Crippen molar-refractivity contribution < 1.29 is 0 Å². The van der Waals surface area contributed by atoms with Gasteiger partial charge in [0.15, 0.2) is 0 Å². The quantitative estimate of drug-likeness (QED) is 0.918. The molecule has 2 rings (SSSR count).